The van der Waals surface area contributed by atoms with Crippen LogP contribution >= 0.6 is 0 Å². The Bertz CT molecular complexity index is 558. The van der Waals surface area contributed by atoms with E-state index in [1.54, 1.807) is 0 Å². The minimum atomic E-state index is -0.819. The molecule has 1 aromatic heterocycles. The smallest absolute Gasteiger partial charge is 0.363 e. The number of anilines is 1. The molecule has 0 saturated heterocycles. The predicted molar refractivity (Wildman–Crippen MR) is 50.2 cm³/mol. The Morgan fingerprint density at radius 3 is 2.71 bits per heavy atom. The van der Waals surface area contributed by atoms with E-state index in [0.29, 0.717) is 5.39 Å². The number of hydrogen-bond donors (Lipinski definition) is 3. The second kappa shape index (κ2) is 2.66. The molecule has 0 bridgehead atoms. The second-order valence-corrected chi connectivity index (χ2v) is 2.83. The van der Waals surface area contributed by atoms with Crippen molar-refractivity contribution < 1.29 is 14.6 Å². The lowest BCUT2D eigenvalue weighted by molar-refractivity contribution is 0.465. The Labute approximate surface area is 78.0 Å². The lowest BCUT2D eigenvalue weighted by atomic mass is 10.2. The Balaban J connectivity index is 2.98. The van der Waals surface area contributed by atoms with Crippen LogP contribution in [0.25, 0.3) is 11.0 Å². The van der Waals surface area contributed by atoms with Gasteiger partial charge in [0.05, 0.1) is 5.39 Å². The highest BCUT2D eigenvalue weighted by atomic mass is 16.4. The van der Waals surface area contributed by atoms with E-state index >= 15 is 0 Å². The van der Waals surface area contributed by atoms with Crippen LogP contribution < -0.4 is 11.4 Å². The minimum absolute atomic E-state index is 0.0511. The summed E-state index contributed by atoms with van der Waals surface area (Å²) in [4.78, 5) is 11.0. The van der Waals surface area contributed by atoms with Gasteiger partial charge in [0.15, 0.2) is 11.4 Å². The molecule has 0 aliphatic rings. The van der Waals surface area contributed by atoms with Gasteiger partial charge in [0.1, 0.15) is 11.3 Å². The number of phenolic OH excluding ortho intramolecular Hbond substituents is 1. The van der Waals surface area contributed by atoms with E-state index in [9.17, 15) is 9.90 Å². The molecule has 0 atom stereocenters. The molecule has 0 saturated carbocycles. The fourth-order valence-corrected chi connectivity index (χ4v) is 1.19. The third-order valence-electron chi connectivity index (χ3n) is 1.90. The normalized spacial score (nSPS) is 10.6. The van der Waals surface area contributed by atoms with Crippen molar-refractivity contribution in [2.45, 2.75) is 0 Å². The molecular formula is C9H7NO4. The van der Waals surface area contributed by atoms with Crippen molar-refractivity contribution in [1.82, 2.24) is 0 Å². The van der Waals surface area contributed by atoms with Crippen LogP contribution in [0.4, 0.5) is 5.69 Å². The van der Waals surface area contributed by atoms with Crippen LogP contribution in [0, 0.1) is 0 Å². The van der Waals surface area contributed by atoms with E-state index in [2.05, 4.69) is 0 Å². The first-order valence-corrected chi connectivity index (χ1v) is 3.84. The molecule has 1 heterocycles. The summed E-state index contributed by atoms with van der Waals surface area (Å²) >= 11 is 0. The lowest BCUT2D eigenvalue weighted by Gasteiger charge is -2.01. The van der Waals surface area contributed by atoms with E-state index in [-0.39, 0.29) is 22.8 Å². The maximum absolute atomic E-state index is 11.0. The number of nitrogens with two attached hydrogens (primary N) is 1. The Morgan fingerprint density at radius 2 is 2.00 bits per heavy atom. The zero-order valence-corrected chi connectivity index (χ0v) is 7.02. The van der Waals surface area contributed by atoms with Gasteiger partial charge in [-0.05, 0) is 12.1 Å². The van der Waals surface area contributed by atoms with Crippen molar-refractivity contribution in [3.63, 3.8) is 0 Å². The highest BCUT2D eigenvalue weighted by Crippen LogP contribution is 2.29. The summed E-state index contributed by atoms with van der Waals surface area (Å²) in [6.07, 6.45) is 0. The number of rotatable bonds is 0. The number of phenols is 1. The summed E-state index contributed by atoms with van der Waals surface area (Å²) in [5, 5.41) is 18.9. The highest BCUT2D eigenvalue weighted by Gasteiger charge is 2.10. The average Bonchev–Trinajstić information content (AvgIpc) is 2.14. The quantitative estimate of drug-likeness (QED) is 0.537. The lowest BCUT2D eigenvalue weighted by Crippen LogP contribution is -2.06. The van der Waals surface area contributed by atoms with Crippen molar-refractivity contribution in [1.29, 1.82) is 0 Å². The molecule has 5 heteroatoms. The molecule has 0 aliphatic heterocycles. The molecule has 0 amide bonds. The van der Waals surface area contributed by atoms with Crippen LogP contribution in [0.5, 0.6) is 11.5 Å². The van der Waals surface area contributed by atoms with Gasteiger partial charge < -0.3 is 20.4 Å². The van der Waals surface area contributed by atoms with Crippen LogP contribution in [0.3, 0.4) is 0 Å². The fraction of sp³-hybridized carbons (Fsp3) is 0. The summed E-state index contributed by atoms with van der Waals surface area (Å²) in [5.41, 5.74) is 4.22. The van der Waals surface area contributed by atoms with E-state index in [0.717, 1.165) is 0 Å². The fourth-order valence-electron chi connectivity index (χ4n) is 1.19. The van der Waals surface area contributed by atoms with Gasteiger partial charge >= 0.3 is 5.63 Å². The minimum Gasteiger partial charge on any atom is -0.508 e. The van der Waals surface area contributed by atoms with Crippen molar-refractivity contribution in [2.75, 3.05) is 5.73 Å². The summed E-state index contributed by atoms with van der Waals surface area (Å²) in [6, 6.07) is 4.01. The van der Waals surface area contributed by atoms with Crippen LogP contribution in [0.15, 0.2) is 27.4 Å². The molecule has 1 aromatic carbocycles. The topological polar surface area (TPSA) is 96.7 Å². The molecule has 2 aromatic rings. The SMILES string of the molecule is Nc1c(O)c2ccc(O)cc2oc1=O. The van der Waals surface area contributed by atoms with Gasteiger partial charge in [0.2, 0.25) is 0 Å². The van der Waals surface area contributed by atoms with Crippen LogP contribution in [0.2, 0.25) is 0 Å². The van der Waals surface area contributed by atoms with E-state index < -0.39 is 5.63 Å². The molecule has 0 unspecified atom stereocenters. The number of benzene rings is 1. The number of fused-ring (bicyclic) bond motifs is 1. The van der Waals surface area contributed by atoms with Gasteiger partial charge in [-0.3, -0.25) is 0 Å². The molecular weight excluding hydrogens is 186 g/mol. The van der Waals surface area contributed by atoms with Crippen molar-refractivity contribution in [2.24, 2.45) is 0 Å². The first kappa shape index (κ1) is 8.43. The Hall–Kier alpha value is -2.17. The molecule has 0 aliphatic carbocycles. The van der Waals surface area contributed by atoms with E-state index in [1.807, 2.05) is 0 Å². The Morgan fingerprint density at radius 1 is 1.29 bits per heavy atom. The van der Waals surface area contributed by atoms with Gasteiger partial charge in [-0.1, -0.05) is 0 Å². The third-order valence-corrected chi connectivity index (χ3v) is 1.90. The zero-order chi connectivity index (χ0) is 10.3. The number of aromatic hydroxyl groups is 2. The van der Waals surface area contributed by atoms with Gasteiger partial charge in [-0.2, -0.15) is 0 Å². The predicted octanol–water partition coefficient (Wildman–Crippen LogP) is 0.786. The van der Waals surface area contributed by atoms with Crippen LogP contribution in [0.1, 0.15) is 0 Å². The maximum Gasteiger partial charge on any atom is 0.363 e. The summed E-state index contributed by atoms with van der Waals surface area (Å²) < 4.78 is 4.75. The maximum atomic E-state index is 11.0. The first-order chi connectivity index (χ1) is 6.59. The summed E-state index contributed by atoms with van der Waals surface area (Å²) in [7, 11) is 0. The average molecular weight is 193 g/mol. The van der Waals surface area contributed by atoms with Gasteiger partial charge in [-0.25, -0.2) is 4.79 Å². The molecule has 2 rings (SSSR count). The largest absolute Gasteiger partial charge is 0.508 e. The van der Waals surface area contributed by atoms with Crippen molar-refractivity contribution in [3.8, 4) is 11.5 Å². The van der Waals surface area contributed by atoms with E-state index in [1.165, 1.54) is 18.2 Å². The van der Waals surface area contributed by atoms with E-state index in [4.69, 9.17) is 15.3 Å². The molecule has 4 N–H and O–H groups in total. The Kier molecular flexibility index (Phi) is 1.60. The number of nitrogen functional groups attached to an aromatic ring is 1. The standard InChI is InChI=1S/C9H7NO4/c10-7-8(12)5-2-1-4(11)3-6(5)14-9(7)13/h1-3,11-12H,10H2. The highest BCUT2D eigenvalue weighted by molar-refractivity contribution is 5.88. The number of hydrogen-bond acceptors (Lipinski definition) is 5. The molecule has 0 fully saturated rings. The van der Waals surface area contributed by atoms with Crippen molar-refractivity contribution in [3.05, 3.63) is 28.6 Å². The third kappa shape index (κ3) is 1.06. The first-order valence-electron chi connectivity index (χ1n) is 3.84. The van der Waals surface area contributed by atoms with Gasteiger partial charge in [0.25, 0.3) is 0 Å². The molecule has 72 valence electrons. The van der Waals surface area contributed by atoms with Crippen LogP contribution in [-0.4, -0.2) is 10.2 Å². The van der Waals surface area contributed by atoms with Gasteiger partial charge in [0, 0.05) is 6.07 Å². The molecule has 5 nitrogen and oxygen atoms in total. The summed E-state index contributed by atoms with van der Waals surface area (Å²) in [5.74, 6) is -0.374. The molecule has 14 heavy (non-hydrogen) atoms. The second-order valence-electron chi connectivity index (χ2n) is 2.83. The van der Waals surface area contributed by atoms with Crippen LogP contribution in [-0.2, 0) is 0 Å². The van der Waals surface area contributed by atoms with Crippen molar-refractivity contribution >= 4 is 16.7 Å². The molecule has 0 radical (unpaired) electrons. The monoisotopic (exact) mass is 193 g/mol. The van der Waals surface area contributed by atoms with Gasteiger partial charge in [-0.15, -0.1) is 0 Å². The molecule has 0 spiro atoms. The summed E-state index contributed by atoms with van der Waals surface area (Å²) in [6.45, 7) is 0. The zero-order valence-electron chi connectivity index (χ0n) is 7.02.